The summed E-state index contributed by atoms with van der Waals surface area (Å²) in [6.45, 7) is 3.47. The largest absolute Gasteiger partial charge is 0.420 e. The van der Waals surface area contributed by atoms with Gasteiger partial charge in [0.25, 0.3) is 0 Å². The Hall–Kier alpha value is -4.05. The van der Waals surface area contributed by atoms with Gasteiger partial charge in [-0.1, -0.05) is 42.0 Å². The van der Waals surface area contributed by atoms with E-state index in [9.17, 15) is 10.1 Å². The third-order valence-corrected chi connectivity index (χ3v) is 4.84. The number of hydrogen-bond donors (Lipinski definition) is 3. The maximum absolute atomic E-state index is 11.3. The minimum absolute atomic E-state index is 0.0397. The number of fused-ring (bicyclic) bond motifs is 1. The number of H-pyrrole nitrogens is 1. The first-order chi connectivity index (χ1) is 14.0. The van der Waals surface area contributed by atoms with E-state index in [1.54, 1.807) is 12.1 Å². The summed E-state index contributed by atoms with van der Waals surface area (Å²) in [5, 5.41) is 19.8. The summed E-state index contributed by atoms with van der Waals surface area (Å²) in [6, 6.07) is 17.5. The molecular formula is C22H19N5O2. The van der Waals surface area contributed by atoms with Gasteiger partial charge in [-0.05, 0) is 24.6 Å². The van der Waals surface area contributed by atoms with Gasteiger partial charge < -0.3 is 15.8 Å². The molecule has 1 aliphatic rings. The molecule has 3 aromatic rings. The minimum atomic E-state index is -0.440. The summed E-state index contributed by atoms with van der Waals surface area (Å²) < 4.78 is 5.62. The summed E-state index contributed by atoms with van der Waals surface area (Å²) in [4.78, 5) is 11.3. The molecular weight excluding hydrogens is 366 g/mol. The molecule has 1 atom stereocenters. The Morgan fingerprint density at radius 3 is 2.52 bits per heavy atom. The number of nitrogens with two attached hydrogens (primary N) is 1. The van der Waals surface area contributed by atoms with Gasteiger partial charge in [0.2, 0.25) is 17.7 Å². The number of nitrogens with one attached hydrogen (secondary N) is 2. The van der Waals surface area contributed by atoms with Gasteiger partial charge in [0.15, 0.2) is 0 Å². The molecule has 0 aliphatic carbocycles. The number of aryl methyl sites for hydroxylation is 1. The highest BCUT2D eigenvalue weighted by molar-refractivity contribution is 5.88. The van der Waals surface area contributed by atoms with E-state index in [-0.39, 0.29) is 11.8 Å². The van der Waals surface area contributed by atoms with Crippen molar-refractivity contribution >= 4 is 11.6 Å². The molecule has 0 bridgehead atoms. The fourth-order valence-electron chi connectivity index (χ4n) is 3.48. The molecule has 0 fully saturated rings. The van der Waals surface area contributed by atoms with Crippen LogP contribution in [0.15, 0.2) is 60.0 Å². The maximum Gasteiger partial charge on any atom is 0.244 e. The number of benzene rings is 2. The van der Waals surface area contributed by atoms with Crippen molar-refractivity contribution in [2.75, 3.05) is 5.32 Å². The molecule has 1 amide bonds. The smallest absolute Gasteiger partial charge is 0.244 e. The lowest BCUT2D eigenvalue weighted by Crippen LogP contribution is -2.21. The standard InChI is InChI=1S/C22H19N5O2/c1-12-3-5-15(6-4-12)20-19-18(14-7-9-16(10-8-14)25-13(2)28)17(11-23)21(24)29-22(19)27-26-20/h3-10,18H,24H2,1-2H3,(H,25,28)(H,26,27)/t18-/m1/s1. The molecule has 1 aliphatic heterocycles. The van der Waals surface area contributed by atoms with Crippen LogP contribution in [0.3, 0.4) is 0 Å². The van der Waals surface area contributed by atoms with Crippen molar-refractivity contribution in [3.8, 4) is 23.2 Å². The summed E-state index contributed by atoms with van der Waals surface area (Å²) >= 11 is 0. The van der Waals surface area contributed by atoms with Crippen LogP contribution in [-0.2, 0) is 4.79 Å². The van der Waals surface area contributed by atoms with E-state index in [2.05, 4.69) is 21.6 Å². The van der Waals surface area contributed by atoms with E-state index >= 15 is 0 Å². The van der Waals surface area contributed by atoms with E-state index in [0.717, 1.165) is 27.9 Å². The lowest BCUT2D eigenvalue weighted by molar-refractivity contribution is -0.114. The van der Waals surface area contributed by atoms with Gasteiger partial charge >= 0.3 is 0 Å². The quantitative estimate of drug-likeness (QED) is 0.637. The molecule has 4 N–H and O–H groups in total. The first kappa shape index (κ1) is 18.3. The second-order valence-corrected chi connectivity index (χ2v) is 6.91. The highest BCUT2D eigenvalue weighted by Gasteiger charge is 2.35. The second-order valence-electron chi connectivity index (χ2n) is 6.91. The Kier molecular flexibility index (Phi) is 4.53. The Balaban J connectivity index is 1.85. The second kappa shape index (κ2) is 7.17. The van der Waals surface area contributed by atoms with Crippen molar-refractivity contribution in [3.63, 3.8) is 0 Å². The molecule has 0 radical (unpaired) electrons. The zero-order chi connectivity index (χ0) is 20.5. The topological polar surface area (TPSA) is 117 Å². The van der Waals surface area contributed by atoms with Crippen LogP contribution in [0.5, 0.6) is 5.88 Å². The van der Waals surface area contributed by atoms with Crippen LogP contribution in [0.4, 0.5) is 5.69 Å². The molecule has 29 heavy (non-hydrogen) atoms. The van der Waals surface area contributed by atoms with Gasteiger partial charge in [-0.2, -0.15) is 5.26 Å². The predicted octanol–water partition coefficient (Wildman–Crippen LogP) is 3.56. The molecule has 2 aromatic carbocycles. The molecule has 1 aromatic heterocycles. The highest BCUT2D eigenvalue weighted by Crippen LogP contribution is 2.45. The Morgan fingerprint density at radius 2 is 1.90 bits per heavy atom. The van der Waals surface area contributed by atoms with Crippen LogP contribution in [0.1, 0.15) is 29.5 Å². The van der Waals surface area contributed by atoms with E-state index in [4.69, 9.17) is 10.5 Å². The van der Waals surface area contributed by atoms with Crippen LogP contribution in [0, 0.1) is 18.3 Å². The monoisotopic (exact) mass is 385 g/mol. The number of nitrogens with zero attached hydrogens (tertiary/aromatic N) is 2. The average Bonchev–Trinajstić information content (AvgIpc) is 3.11. The molecule has 7 nitrogen and oxygen atoms in total. The summed E-state index contributed by atoms with van der Waals surface area (Å²) in [6.07, 6.45) is 0. The number of aromatic amines is 1. The summed E-state index contributed by atoms with van der Waals surface area (Å²) in [7, 11) is 0. The zero-order valence-corrected chi connectivity index (χ0v) is 16.0. The molecule has 144 valence electrons. The molecule has 0 saturated carbocycles. The molecule has 0 unspecified atom stereocenters. The number of aromatic nitrogens is 2. The van der Waals surface area contributed by atoms with Crippen molar-refractivity contribution in [3.05, 3.63) is 76.7 Å². The first-order valence-electron chi connectivity index (χ1n) is 9.08. The van der Waals surface area contributed by atoms with Gasteiger partial charge in [0, 0.05) is 18.2 Å². The molecule has 4 rings (SSSR count). The highest BCUT2D eigenvalue weighted by atomic mass is 16.5. The van der Waals surface area contributed by atoms with Crippen LogP contribution in [0.2, 0.25) is 0 Å². The van der Waals surface area contributed by atoms with Crippen LogP contribution in [-0.4, -0.2) is 16.1 Å². The number of amides is 1. The third-order valence-electron chi connectivity index (χ3n) is 4.84. The normalized spacial score (nSPS) is 15.3. The van der Waals surface area contributed by atoms with Gasteiger partial charge in [-0.15, -0.1) is 5.10 Å². The van der Waals surface area contributed by atoms with Crippen molar-refractivity contribution in [1.82, 2.24) is 10.2 Å². The van der Waals surface area contributed by atoms with Gasteiger partial charge in [0.05, 0.1) is 17.2 Å². The van der Waals surface area contributed by atoms with E-state index < -0.39 is 5.92 Å². The van der Waals surface area contributed by atoms with E-state index in [1.807, 2.05) is 43.3 Å². The summed E-state index contributed by atoms with van der Waals surface area (Å²) in [5.74, 6) is -0.194. The Bertz CT molecular complexity index is 1150. The lowest BCUT2D eigenvalue weighted by atomic mass is 9.83. The Labute approximate surface area is 167 Å². The lowest BCUT2D eigenvalue weighted by Gasteiger charge is -2.24. The number of carbonyl (C=O) groups excluding carboxylic acids is 1. The fraction of sp³-hybridized carbons (Fsp3) is 0.136. The third kappa shape index (κ3) is 3.32. The van der Waals surface area contributed by atoms with Crippen molar-refractivity contribution in [1.29, 1.82) is 5.26 Å². The number of rotatable bonds is 3. The minimum Gasteiger partial charge on any atom is -0.420 e. The van der Waals surface area contributed by atoms with Crippen LogP contribution in [0.25, 0.3) is 11.3 Å². The fourth-order valence-corrected chi connectivity index (χ4v) is 3.48. The molecule has 2 heterocycles. The predicted molar refractivity (Wildman–Crippen MR) is 109 cm³/mol. The van der Waals surface area contributed by atoms with Gasteiger partial charge in [-0.3, -0.25) is 9.89 Å². The van der Waals surface area contributed by atoms with Gasteiger partial charge in [-0.25, -0.2) is 0 Å². The number of anilines is 1. The molecule has 0 spiro atoms. The van der Waals surface area contributed by atoms with Crippen LogP contribution < -0.4 is 15.8 Å². The summed E-state index contributed by atoms with van der Waals surface area (Å²) in [5.41, 5.74) is 11.5. The van der Waals surface area contributed by atoms with E-state index in [1.165, 1.54) is 6.92 Å². The zero-order valence-electron chi connectivity index (χ0n) is 16.0. The SMILES string of the molecule is CC(=O)Nc1ccc([C@@H]2C(C#N)=C(N)Oc3n[nH]c(-c4ccc(C)cc4)c32)cc1. The average molecular weight is 385 g/mol. The number of hydrogen-bond acceptors (Lipinski definition) is 5. The Morgan fingerprint density at radius 1 is 1.21 bits per heavy atom. The number of carbonyl (C=O) groups is 1. The number of ether oxygens (including phenoxy) is 1. The first-order valence-corrected chi connectivity index (χ1v) is 9.08. The van der Waals surface area contributed by atoms with Crippen molar-refractivity contribution in [2.24, 2.45) is 5.73 Å². The maximum atomic E-state index is 11.3. The van der Waals surface area contributed by atoms with Crippen molar-refractivity contribution in [2.45, 2.75) is 19.8 Å². The number of nitriles is 1. The van der Waals surface area contributed by atoms with Crippen LogP contribution >= 0.6 is 0 Å². The molecule has 0 saturated heterocycles. The molecule has 7 heteroatoms. The van der Waals surface area contributed by atoms with E-state index in [0.29, 0.717) is 17.1 Å². The van der Waals surface area contributed by atoms with Gasteiger partial charge in [0.1, 0.15) is 11.6 Å². The van der Waals surface area contributed by atoms with Crippen molar-refractivity contribution < 1.29 is 9.53 Å². The number of allylic oxidation sites excluding steroid dienone is 1.